The van der Waals surface area contributed by atoms with E-state index in [1.807, 2.05) is 43.3 Å². The molecule has 0 spiro atoms. The fraction of sp³-hybridized carbons (Fsp3) is 0.176. The van der Waals surface area contributed by atoms with Gasteiger partial charge in [0.2, 0.25) is 0 Å². The smallest absolute Gasteiger partial charge is 0.169 e. The molecule has 0 saturated heterocycles. The molecule has 0 bridgehead atoms. The molecule has 3 heteroatoms. The van der Waals surface area contributed by atoms with Gasteiger partial charge in [0, 0.05) is 6.42 Å². The topological polar surface area (TPSA) is 50.1 Å². The van der Waals surface area contributed by atoms with Crippen LogP contribution in [0.5, 0.6) is 5.75 Å². The standard InChI is InChI=1S/C17H15NO2/c1-2-16(19)12-20-17-9-7-15(8-10-17)14-5-3-13(11-18)4-6-14/h3-10H,2,12H2,1H3. The summed E-state index contributed by atoms with van der Waals surface area (Å²) in [6.07, 6.45) is 0.489. The van der Waals surface area contributed by atoms with Gasteiger partial charge in [-0.25, -0.2) is 0 Å². The third-order valence-electron chi connectivity index (χ3n) is 3.00. The Hall–Kier alpha value is -2.60. The minimum atomic E-state index is 0.0844. The van der Waals surface area contributed by atoms with Crippen molar-refractivity contribution in [1.29, 1.82) is 5.26 Å². The quantitative estimate of drug-likeness (QED) is 0.830. The van der Waals surface area contributed by atoms with E-state index in [-0.39, 0.29) is 12.4 Å². The van der Waals surface area contributed by atoms with Crippen molar-refractivity contribution in [2.45, 2.75) is 13.3 Å². The molecular formula is C17H15NO2. The first-order valence-electron chi connectivity index (χ1n) is 6.48. The van der Waals surface area contributed by atoms with Crippen LogP contribution in [0.15, 0.2) is 48.5 Å². The maximum Gasteiger partial charge on any atom is 0.169 e. The van der Waals surface area contributed by atoms with Crippen LogP contribution in [0.4, 0.5) is 0 Å². The van der Waals surface area contributed by atoms with Crippen LogP contribution in [0, 0.1) is 11.3 Å². The fourth-order valence-corrected chi connectivity index (χ4v) is 1.75. The van der Waals surface area contributed by atoms with E-state index in [0.29, 0.717) is 17.7 Å². The van der Waals surface area contributed by atoms with Gasteiger partial charge in [-0.3, -0.25) is 4.79 Å². The molecule has 2 aromatic carbocycles. The number of hydrogen-bond acceptors (Lipinski definition) is 3. The highest BCUT2D eigenvalue weighted by Gasteiger charge is 2.02. The average Bonchev–Trinajstić information content (AvgIpc) is 2.53. The van der Waals surface area contributed by atoms with Crippen molar-refractivity contribution >= 4 is 5.78 Å². The van der Waals surface area contributed by atoms with Gasteiger partial charge in [0.1, 0.15) is 12.4 Å². The van der Waals surface area contributed by atoms with Crippen molar-refractivity contribution in [2.75, 3.05) is 6.61 Å². The van der Waals surface area contributed by atoms with Gasteiger partial charge < -0.3 is 4.74 Å². The highest BCUT2D eigenvalue weighted by Crippen LogP contribution is 2.22. The SMILES string of the molecule is CCC(=O)COc1ccc(-c2ccc(C#N)cc2)cc1. The molecule has 0 saturated carbocycles. The van der Waals surface area contributed by atoms with Crippen LogP contribution in [-0.2, 0) is 4.79 Å². The Labute approximate surface area is 118 Å². The summed E-state index contributed by atoms with van der Waals surface area (Å²) in [6.45, 7) is 1.94. The second kappa shape index (κ2) is 6.53. The van der Waals surface area contributed by atoms with E-state index in [1.165, 1.54) is 0 Å². The number of hydrogen-bond donors (Lipinski definition) is 0. The first-order valence-corrected chi connectivity index (χ1v) is 6.48. The number of Topliss-reactive ketones (excluding diaryl/α,β-unsaturated/α-hetero) is 1. The van der Waals surface area contributed by atoms with E-state index in [1.54, 1.807) is 12.1 Å². The maximum absolute atomic E-state index is 11.2. The zero-order valence-corrected chi connectivity index (χ0v) is 11.3. The molecule has 0 radical (unpaired) electrons. The molecule has 0 unspecified atom stereocenters. The normalized spacial score (nSPS) is 9.80. The molecule has 0 aromatic heterocycles. The van der Waals surface area contributed by atoms with Crippen LogP contribution >= 0.6 is 0 Å². The van der Waals surface area contributed by atoms with E-state index in [2.05, 4.69) is 6.07 Å². The van der Waals surface area contributed by atoms with E-state index >= 15 is 0 Å². The summed E-state index contributed by atoms with van der Waals surface area (Å²) >= 11 is 0. The van der Waals surface area contributed by atoms with Gasteiger partial charge in [0.25, 0.3) is 0 Å². The zero-order valence-electron chi connectivity index (χ0n) is 11.3. The first kappa shape index (κ1) is 13.8. The molecular weight excluding hydrogens is 250 g/mol. The summed E-state index contributed by atoms with van der Waals surface area (Å²) in [5, 5.41) is 8.77. The molecule has 0 aliphatic heterocycles. The van der Waals surface area contributed by atoms with Gasteiger partial charge in [0.15, 0.2) is 5.78 Å². The van der Waals surface area contributed by atoms with Crippen LogP contribution < -0.4 is 4.74 Å². The Morgan fingerprint density at radius 2 is 1.60 bits per heavy atom. The largest absolute Gasteiger partial charge is 0.486 e. The second-order valence-electron chi connectivity index (χ2n) is 4.39. The minimum Gasteiger partial charge on any atom is -0.486 e. The van der Waals surface area contributed by atoms with E-state index in [9.17, 15) is 4.79 Å². The van der Waals surface area contributed by atoms with E-state index in [0.717, 1.165) is 11.1 Å². The molecule has 0 heterocycles. The summed E-state index contributed by atoms with van der Waals surface area (Å²) in [7, 11) is 0. The number of rotatable bonds is 5. The number of carbonyl (C=O) groups is 1. The molecule has 0 fully saturated rings. The number of benzene rings is 2. The first-order chi connectivity index (χ1) is 9.72. The van der Waals surface area contributed by atoms with Crippen LogP contribution in [0.3, 0.4) is 0 Å². The van der Waals surface area contributed by atoms with Gasteiger partial charge in [-0.15, -0.1) is 0 Å². The lowest BCUT2D eigenvalue weighted by molar-refractivity contribution is -0.120. The lowest BCUT2D eigenvalue weighted by Crippen LogP contribution is -2.09. The summed E-state index contributed by atoms with van der Waals surface area (Å²) in [5.74, 6) is 0.769. The van der Waals surface area contributed by atoms with Gasteiger partial charge in [-0.1, -0.05) is 31.2 Å². The lowest BCUT2D eigenvalue weighted by Gasteiger charge is -2.06. The Morgan fingerprint density at radius 3 is 2.10 bits per heavy atom. The molecule has 0 atom stereocenters. The molecule has 3 nitrogen and oxygen atoms in total. The average molecular weight is 265 g/mol. The molecule has 100 valence electrons. The number of nitrogens with zero attached hydrogens (tertiary/aromatic N) is 1. The Kier molecular flexibility index (Phi) is 4.52. The number of ketones is 1. The molecule has 0 aliphatic rings. The number of nitriles is 1. The van der Waals surface area contributed by atoms with E-state index < -0.39 is 0 Å². The third kappa shape index (κ3) is 3.46. The van der Waals surface area contributed by atoms with Crippen molar-refractivity contribution in [2.24, 2.45) is 0 Å². The Morgan fingerprint density at radius 1 is 1.05 bits per heavy atom. The van der Waals surface area contributed by atoms with Gasteiger partial charge in [-0.05, 0) is 35.4 Å². The van der Waals surface area contributed by atoms with Crippen molar-refractivity contribution < 1.29 is 9.53 Å². The van der Waals surface area contributed by atoms with Crippen LogP contribution in [0.1, 0.15) is 18.9 Å². The number of carbonyl (C=O) groups excluding carboxylic acids is 1. The van der Waals surface area contributed by atoms with Gasteiger partial charge in [-0.2, -0.15) is 5.26 Å². The fourth-order valence-electron chi connectivity index (χ4n) is 1.75. The zero-order chi connectivity index (χ0) is 14.4. The highest BCUT2D eigenvalue weighted by molar-refractivity contribution is 5.79. The Bertz CT molecular complexity index is 622. The lowest BCUT2D eigenvalue weighted by atomic mass is 10.0. The number of ether oxygens (including phenoxy) is 1. The monoisotopic (exact) mass is 265 g/mol. The maximum atomic E-state index is 11.2. The van der Waals surface area contributed by atoms with Crippen molar-refractivity contribution in [3.8, 4) is 22.9 Å². The molecule has 20 heavy (non-hydrogen) atoms. The molecule has 2 rings (SSSR count). The van der Waals surface area contributed by atoms with Crippen molar-refractivity contribution in [3.63, 3.8) is 0 Å². The predicted molar refractivity (Wildman–Crippen MR) is 77.4 cm³/mol. The van der Waals surface area contributed by atoms with Crippen molar-refractivity contribution in [3.05, 3.63) is 54.1 Å². The summed E-state index contributed by atoms with van der Waals surface area (Å²) in [6, 6.07) is 17.1. The molecule has 0 aliphatic carbocycles. The molecule has 0 amide bonds. The van der Waals surface area contributed by atoms with Crippen molar-refractivity contribution in [1.82, 2.24) is 0 Å². The summed E-state index contributed by atoms with van der Waals surface area (Å²) in [5.41, 5.74) is 2.73. The molecule has 2 aromatic rings. The van der Waals surface area contributed by atoms with E-state index in [4.69, 9.17) is 10.00 Å². The molecule has 0 N–H and O–H groups in total. The van der Waals surface area contributed by atoms with Gasteiger partial charge in [0.05, 0.1) is 11.6 Å². The summed E-state index contributed by atoms with van der Waals surface area (Å²) < 4.78 is 5.39. The minimum absolute atomic E-state index is 0.0844. The highest BCUT2D eigenvalue weighted by atomic mass is 16.5. The van der Waals surface area contributed by atoms with Gasteiger partial charge >= 0.3 is 0 Å². The third-order valence-corrected chi connectivity index (χ3v) is 3.00. The van der Waals surface area contributed by atoms with Crippen LogP contribution in [0.2, 0.25) is 0 Å². The Balaban J connectivity index is 2.07. The summed E-state index contributed by atoms with van der Waals surface area (Å²) in [4.78, 5) is 11.2. The second-order valence-corrected chi connectivity index (χ2v) is 4.39. The predicted octanol–water partition coefficient (Wildman–Crippen LogP) is 3.58. The van der Waals surface area contributed by atoms with Crippen LogP contribution in [-0.4, -0.2) is 12.4 Å². The van der Waals surface area contributed by atoms with Crippen LogP contribution in [0.25, 0.3) is 11.1 Å².